The molecule has 0 atom stereocenters. The molecule has 1 heterocycles. The van der Waals surface area contributed by atoms with Gasteiger partial charge in [0.25, 0.3) is 0 Å². The fourth-order valence-electron chi connectivity index (χ4n) is 2.07. The van der Waals surface area contributed by atoms with Gasteiger partial charge in [0.1, 0.15) is 17.3 Å². The van der Waals surface area contributed by atoms with Crippen molar-refractivity contribution in [3.05, 3.63) is 58.8 Å². The van der Waals surface area contributed by atoms with Crippen molar-refractivity contribution in [1.29, 1.82) is 0 Å². The first-order valence-electron chi connectivity index (χ1n) is 8.00. The van der Waals surface area contributed by atoms with Gasteiger partial charge in [-0.05, 0) is 48.5 Å². The first-order valence-corrected chi connectivity index (χ1v) is 9.77. The molecule has 0 aliphatic heterocycles. The number of carbonyl (C=O) groups is 1. The third-order valence-electron chi connectivity index (χ3n) is 3.37. The molecule has 1 amide bonds. The van der Waals surface area contributed by atoms with Crippen LogP contribution in [0.4, 0.5) is 5.69 Å². The van der Waals surface area contributed by atoms with Gasteiger partial charge in [0.2, 0.25) is 11.1 Å². The Balaban J connectivity index is 1.50. The molecule has 0 aliphatic rings. The van der Waals surface area contributed by atoms with Crippen molar-refractivity contribution in [2.24, 2.45) is 0 Å². The Labute approximate surface area is 163 Å². The van der Waals surface area contributed by atoms with E-state index in [9.17, 15) is 4.79 Å². The molecule has 0 fully saturated rings. The Hall–Kier alpha value is -2.32. The summed E-state index contributed by atoms with van der Waals surface area (Å²) in [5.74, 6) is 2.40. The number of aryl methyl sites for hydroxylation is 1. The Morgan fingerprint density at radius 3 is 2.42 bits per heavy atom. The van der Waals surface area contributed by atoms with E-state index in [0.717, 1.165) is 22.5 Å². The number of aromatic nitrogens is 3. The first kappa shape index (κ1) is 18.5. The molecular weight excluding hydrogens is 416 g/mol. The Morgan fingerprint density at radius 2 is 1.81 bits per heavy atom. The number of thioether (sulfide) groups is 1. The van der Waals surface area contributed by atoms with Crippen LogP contribution >= 0.6 is 27.7 Å². The van der Waals surface area contributed by atoms with Crippen LogP contribution in [-0.2, 0) is 11.2 Å². The van der Waals surface area contributed by atoms with Crippen molar-refractivity contribution < 1.29 is 9.53 Å². The summed E-state index contributed by atoms with van der Waals surface area (Å²) in [6.45, 7) is 1.99. The lowest BCUT2D eigenvalue weighted by atomic mass is 10.3. The Bertz CT molecular complexity index is 866. The molecule has 3 rings (SSSR count). The Kier molecular flexibility index (Phi) is 6.30. The Morgan fingerprint density at radius 1 is 1.15 bits per heavy atom. The molecular formula is C18H17BrN4O2S. The van der Waals surface area contributed by atoms with Crippen LogP contribution in [0, 0.1) is 0 Å². The van der Waals surface area contributed by atoms with E-state index < -0.39 is 0 Å². The summed E-state index contributed by atoms with van der Waals surface area (Å²) >= 11 is 4.68. The van der Waals surface area contributed by atoms with Gasteiger partial charge in [0.15, 0.2) is 0 Å². The maximum Gasteiger partial charge on any atom is 0.234 e. The molecule has 1 aromatic heterocycles. The molecule has 0 aliphatic carbocycles. The number of halogens is 1. The SMILES string of the molecule is CCc1nc(SCC(=O)Nc2ccc(Oc3ccc(Br)cc3)cc2)n[nH]1. The minimum absolute atomic E-state index is 0.112. The van der Waals surface area contributed by atoms with E-state index in [1.54, 1.807) is 12.1 Å². The number of hydrogen-bond acceptors (Lipinski definition) is 5. The average molecular weight is 433 g/mol. The van der Waals surface area contributed by atoms with Gasteiger partial charge < -0.3 is 10.1 Å². The number of carbonyl (C=O) groups excluding carboxylic acids is 1. The maximum absolute atomic E-state index is 12.0. The van der Waals surface area contributed by atoms with Gasteiger partial charge >= 0.3 is 0 Å². The van der Waals surface area contributed by atoms with Crippen LogP contribution in [0.1, 0.15) is 12.7 Å². The lowest BCUT2D eigenvalue weighted by Gasteiger charge is -2.08. The number of nitrogens with one attached hydrogen (secondary N) is 2. The summed E-state index contributed by atoms with van der Waals surface area (Å²) in [7, 11) is 0. The van der Waals surface area contributed by atoms with E-state index in [-0.39, 0.29) is 11.7 Å². The maximum atomic E-state index is 12.0. The molecule has 0 spiro atoms. The molecule has 2 N–H and O–H groups in total. The summed E-state index contributed by atoms with van der Waals surface area (Å²) in [6.07, 6.45) is 0.786. The molecule has 0 saturated carbocycles. The van der Waals surface area contributed by atoms with Crippen molar-refractivity contribution in [3.63, 3.8) is 0 Å². The highest BCUT2D eigenvalue weighted by molar-refractivity contribution is 9.10. The third kappa shape index (κ3) is 5.34. The van der Waals surface area contributed by atoms with Crippen molar-refractivity contribution >= 4 is 39.3 Å². The van der Waals surface area contributed by atoms with E-state index in [4.69, 9.17) is 4.74 Å². The minimum Gasteiger partial charge on any atom is -0.457 e. The second kappa shape index (κ2) is 8.86. The minimum atomic E-state index is -0.112. The molecule has 0 radical (unpaired) electrons. The van der Waals surface area contributed by atoms with Crippen LogP contribution in [0.15, 0.2) is 58.2 Å². The number of benzene rings is 2. The van der Waals surface area contributed by atoms with E-state index in [0.29, 0.717) is 16.6 Å². The van der Waals surface area contributed by atoms with E-state index >= 15 is 0 Å². The smallest absolute Gasteiger partial charge is 0.234 e. The quantitative estimate of drug-likeness (QED) is 0.530. The molecule has 0 unspecified atom stereocenters. The second-order valence-electron chi connectivity index (χ2n) is 5.34. The van der Waals surface area contributed by atoms with Gasteiger partial charge in [-0.25, -0.2) is 4.98 Å². The van der Waals surface area contributed by atoms with Gasteiger partial charge in [-0.3, -0.25) is 9.89 Å². The van der Waals surface area contributed by atoms with Crippen molar-refractivity contribution in [2.45, 2.75) is 18.5 Å². The average Bonchev–Trinajstić information content (AvgIpc) is 3.12. The highest BCUT2D eigenvalue weighted by atomic mass is 79.9. The topological polar surface area (TPSA) is 79.9 Å². The molecule has 0 saturated heterocycles. The van der Waals surface area contributed by atoms with Gasteiger partial charge in [-0.15, -0.1) is 5.10 Å². The zero-order valence-corrected chi connectivity index (χ0v) is 16.4. The number of H-pyrrole nitrogens is 1. The van der Waals surface area contributed by atoms with Crippen LogP contribution in [0.5, 0.6) is 11.5 Å². The number of rotatable bonds is 7. The molecule has 26 heavy (non-hydrogen) atoms. The number of nitrogens with zero attached hydrogens (tertiary/aromatic N) is 2. The second-order valence-corrected chi connectivity index (χ2v) is 7.19. The lowest BCUT2D eigenvalue weighted by molar-refractivity contribution is -0.113. The summed E-state index contributed by atoms with van der Waals surface area (Å²) in [5, 5.41) is 10.3. The normalized spacial score (nSPS) is 10.5. The molecule has 3 aromatic rings. The van der Waals surface area contributed by atoms with Crippen LogP contribution in [0.2, 0.25) is 0 Å². The lowest BCUT2D eigenvalue weighted by Crippen LogP contribution is -2.14. The summed E-state index contributed by atoms with van der Waals surface area (Å²) in [6, 6.07) is 14.8. The van der Waals surface area contributed by atoms with Crippen LogP contribution in [0.25, 0.3) is 0 Å². The summed E-state index contributed by atoms with van der Waals surface area (Å²) in [5.41, 5.74) is 0.711. The fourth-order valence-corrected chi connectivity index (χ4v) is 2.95. The van der Waals surface area contributed by atoms with E-state index in [1.807, 2.05) is 43.3 Å². The first-order chi connectivity index (χ1) is 12.6. The van der Waals surface area contributed by atoms with Gasteiger partial charge in [-0.2, -0.15) is 0 Å². The third-order valence-corrected chi connectivity index (χ3v) is 4.74. The number of aromatic amines is 1. The van der Waals surface area contributed by atoms with Gasteiger partial charge in [0.05, 0.1) is 5.75 Å². The fraction of sp³-hybridized carbons (Fsp3) is 0.167. The number of anilines is 1. The van der Waals surface area contributed by atoms with Crippen LogP contribution in [-0.4, -0.2) is 26.8 Å². The summed E-state index contributed by atoms with van der Waals surface area (Å²) < 4.78 is 6.75. The summed E-state index contributed by atoms with van der Waals surface area (Å²) in [4.78, 5) is 16.3. The van der Waals surface area contributed by atoms with E-state index in [2.05, 4.69) is 36.4 Å². The van der Waals surface area contributed by atoms with Crippen molar-refractivity contribution in [2.75, 3.05) is 11.1 Å². The predicted molar refractivity (Wildman–Crippen MR) is 106 cm³/mol. The zero-order chi connectivity index (χ0) is 18.4. The monoisotopic (exact) mass is 432 g/mol. The van der Waals surface area contributed by atoms with Gasteiger partial charge in [-0.1, -0.05) is 34.6 Å². The molecule has 8 heteroatoms. The van der Waals surface area contributed by atoms with Gasteiger partial charge in [0, 0.05) is 16.6 Å². The highest BCUT2D eigenvalue weighted by Crippen LogP contribution is 2.24. The number of amides is 1. The molecule has 6 nitrogen and oxygen atoms in total. The predicted octanol–water partition coefficient (Wildman–Crippen LogP) is 4.65. The largest absolute Gasteiger partial charge is 0.457 e. The van der Waals surface area contributed by atoms with Crippen LogP contribution in [0.3, 0.4) is 0 Å². The highest BCUT2D eigenvalue weighted by Gasteiger charge is 2.08. The zero-order valence-electron chi connectivity index (χ0n) is 14.0. The number of hydrogen-bond donors (Lipinski definition) is 2. The van der Waals surface area contributed by atoms with E-state index in [1.165, 1.54) is 11.8 Å². The van der Waals surface area contributed by atoms with Crippen molar-refractivity contribution in [1.82, 2.24) is 15.2 Å². The molecule has 0 bridgehead atoms. The molecule has 2 aromatic carbocycles. The van der Waals surface area contributed by atoms with Crippen molar-refractivity contribution in [3.8, 4) is 11.5 Å². The molecule has 134 valence electrons. The van der Waals surface area contributed by atoms with Crippen LogP contribution < -0.4 is 10.1 Å². The standard InChI is InChI=1S/C18H17BrN4O2S/c1-2-16-21-18(23-22-16)26-11-17(24)20-13-5-9-15(10-6-13)25-14-7-3-12(19)4-8-14/h3-10H,2,11H2,1H3,(H,20,24)(H,21,22,23). The number of ether oxygens (including phenoxy) is 1.